The highest BCUT2D eigenvalue weighted by Crippen LogP contribution is 2.26. The third kappa shape index (κ3) is 3.66. The van der Waals surface area contributed by atoms with E-state index in [2.05, 4.69) is 15.4 Å². The maximum Gasteiger partial charge on any atom is 0.270 e. The molecule has 134 valence electrons. The van der Waals surface area contributed by atoms with Crippen molar-refractivity contribution in [2.45, 2.75) is 13.0 Å². The van der Waals surface area contributed by atoms with E-state index < -0.39 is 0 Å². The number of nitrogens with one attached hydrogen (secondary N) is 1. The monoisotopic (exact) mass is 374 g/mol. The molecule has 5 nitrogen and oxygen atoms in total. The number of para-hydroxylation sites is 1. The third-order valence-electron chi connectivity index (χ3n) is 4.25. The van der Waals surface area contributed by atoms with E-state index in [1.54, 1.807) is 28.4 Å². The quantitative estimate of drug-likeness (QED) is 0.560. The molecule has 0 bridgehead atoms. The van der Waals surface area contributed by atoms with Gasteiger partial charge in [-0.3, -0.25) is 9.78 Å². The second-order valence-corrected chi connectivity index (χ2v) is 7.07. The summed E-state index contributed by atoms with van der Waals surface area (Å²) in [6.45, 7) is 1.94. The number of hydrogen-bond acceptors (Lipinski definition) is 4. The summed E-state index contributed by atoms with van der Waals surface area (Å²) in [5.74, 6) is -0.175. The van der Waals surface area contributed by atoms with E-state index in [1.807, 2.05) is 73.0 Å². The van der Waals surface area contributed by atoms with Crippen molar-refractivity contribution in [3.05, 3.63) is 89.7 Å². The molecule has 0 unspecified atom stereocenters. The minimum absolute atomic E-state index is 0.157. The Bertz CT molecular complexity index is 1030. The minimum atomic E-state index is -0.175. The van der Waals surface area contributed by atoms with Gasteiger partial charge in [0, 0.05) is 12.4 Å². The lowest BCUT2D eigenvalue weighted by Crippen LogP contribution is -2.28. The summed E-state index contributed by atoms with van der Waals surface area (Å²) >= 11 is 1.60. The van der Waals surface area contributed by atoms with Crippen molar-refractivity contribution in [2.24, 2.45) is 0 Å². The van der Waals surface area contributed by atoms with Crippen molar-refractivity contribution in [3.8, 4) is 16.3 Å². The molecule has 1 amide bonds. The summed E-state index contributed by atoms with van der Waals surface area (Å²) in [5.41, 5.74) is 3.09. The predicted octanol–water partition coefficient (Wildman–Crippen LogP) is 4.49. The van der Waals surface area contributed by atoms with Gasteiger partial charge in [0.25, 0.3) is 5.91 Å². The van der Waals surface area contributed by atoms with Gasteiger partial charge in [0.2, 0.25) is 0 Å². The fourth-order valence-corrected chi connectivity index (χ4v) is 3.52. The van der Waals surface area contributed by atoms with Gasteiger partial charge in [0.15, 0.2) is 0 Å². The Balaban J connectivity index is 1.69. The molecule has 27 heavy (non-hydrogen) atoms. The first-order valence-electron chi connectivity index (χ1n) is 8.62. The molecule has 0 saturated carbocycles. The number of aromatic nitrogens is 3. The van der Waals surface area contributed by atoms with Gasteiger partial charge in [-0.1, -0.05) is 30.3 Å². The summed E-state index contributed by atoms with van der Waals surface area (Å²) in [6, 6.07) is 19.2. The van der Waals surface area contributed by atoms with Gasteiger partial charge in [0.05, 0.1) is 16.6 Å². The van der Waals surface area contributed by atoms with Crippen LogP contribution in [-0.2, 0) is 0 Å². The molecule has 0 saturated heterocycles. The Morgan fingerprint density at radius 3 is 2.67 bits per heavy atom. The number of carbonyl (C=O) groups excluding carboxylic acids is 1. The first kappa shape index (κ1) is 17.2. The molecular weight excluding hydrogens is 356 g/mol. The Morgan fingerprint density at radius 1 is 1.11 bits per heavy atom. The van der Waals surface area contributed by atoms with Crippen molar-refractivity contribution in [3.63, 3.8) is 0 Å². The van der Waals surface area contributed by atoms with Gasteiger partial charge in [-0.2, -0.15) is 5.10 Å². The molecule has 0 fully saturated rings. The van der Waals surface area contributed by atoms with Crippen molar-refractivity contribution in [1.29, 1.82) is 0 Å². The van der Waals surface area contributed by atoms with Gasteiger partial charge >= 0.3 is 0 Å². The number of nitrogens with zero attached hydrogens (tertiary/aromatic N) is 3. The van der Waals surface area contributed by atoms with Crippen molar-refractivity contribution in [1.82, 2.24) is 20.1 Å². The smallest absolute Gasteiger partial charge is 0.270 e. The molecule has 1 N–H and O–H groups in total. The Labute approximate surface area is 161 Å². The predicted molar refractivity (Wildman–Crippen MR) is 107 cm³/mol. The fourth-order valence-electron chi connectivity index (χ4n) is 2.84. The number of pyridine rings is 1. The van der Waals surface area contributed by atoms with Gasteiger partial charge < -0.3 is 5.32 Å². The van der Waals surface area contributed by atoms with Crippen LogP contribution in [0.4, 0.5) is 0 Å². The Morgan fingerprint density at radius 2 is 1.96 bits per heavy atom. The van der Waals surface area contributed by atoms with Gasteiger partial charge in [-0.15, -0.1) is 11.3 Å². The van der Waals surface area contributed by atoms with E-state index in [0.29, 0.717) is 5.69 Å². The Hall–Kier alpha value is -3.25. The van der Waals surface area contributed by atoms with E-state index in [-0.39, 0.29) is 11.9 Å². The first-order valence-corrected chi connectivity index (χ1v) is 9.50. The van der Waals surface area contributed by atoms with E-state index in [9.17, 15) is 4.79 Å². The van der Waals surface area contributed by atoms with Crippen LogP contribution in [0.2, 0.25) is 0 Å². The van der Waals surface area contributed by atoms with Gasteiger partial charge in [-0.05, 0) is 48.2 Å². The highest BCUT2D eigenvalue weighted by Gasteiger charge is 2.20. The molecule has 3 heterocycles. The fraction of sp³-hybridized carbons (Fsp3) is 0.0952. The van der Waals surface area contributed by atoms with Crippen LogP contribution in [0.15, 0.2) is 78.4 Å². The van der Waals surface area contributed by atoms with Crippen LogP contribution < -0.4 is 5.32 Å². The number of rotatable bonds is 5. The average molecular weight is 374 g/mol. The van der Waals surface area contributed by atoms with Crippen LogP contribution in [0, 0.1) is 0 Å². The van der Waals surface area contributed by atoms with Crippen LogP contribution in [0.25, 0.3) is 16.3 Å². The summed E-state index contributed by atoms with van der Waals surface area (Å²) < 4.78 is 1.69. The second-order valence-electron chi connectivity index (χ2n) is 6.12. The van der Waals surface area contributed by atoms with Crippen LogP contribution in [-0.4, -0.2) is 20.7 Å². The lowest BCUT2D eigenvalue weighted by atomic mass is 10.1. The molecule has 1 aromatic carbocycles. The molecule has 4 rings (SSSR count). The molecule has 0 aliphatic carbocycles. The van der Waals surface area contributed by atoms with E-state index in [4.69, 9.17) is 0 Å². The van der Waals surface area contributed by atoms with E-state index >= 15 is 0 Å². The number of amides is 1. The topological polar surface area (TPSA) is 59.8 Å². The zero-order chi connectivity index (χ0) is 18.6. The van der Waals surface area contributed by atoms with E-state index in [0.717, 1.165) is 21.8 Å². The van der Waals surface area contributed by atoms with Crippen LogP contribution in [0.3, 0.4) is 0 Å². The first-order chi connectivity index (χ1) is 13.2. The lowest BCUT2D eigenvalue weighted by Gasteiger charge is -2.14. The summed E-state index contributed by atoms with van der Waals surface area (Å²) in [5, 5.41) is 9.72. The van der Waals surface area contributed by atoms with Crippen LogP contribution in [0.5, 0.6) is 0 Å². The largest absolute Gasteiger partial charge is 0.344 e. The summed E-state index contributed by atoms with van der Waals surface area (Å²) in [6.07, 6.45) is 3.48. The standard InChI is InChI=1S/C21H18N4OS/c1-15(16-7-5-11-22-14-16)23-21(26)19-13-18(20-10-6-12-27-20)24-25(19)17-8-3-2-4-9-17/h2-15H,1H3,(H,23,26)/t15-/m0/s1. The SMILES string of the molecule is C[C@H](NC(=O)c1cc(-c2cccs2)nn1-c1ccccc1)c1cccnc1. The number of benzene rings is 1. The van der Waals surface area contributed by atoms with Gasteiger partial charge in [-0.25, -0.2) is 4.68 Å². The molecule has 6 heteroatoms. The van der Waals surface area contributed by atoms with Crippen molar-refractivity contribution < 1.29 is 4.79 Å². The van der Waals surface area contributed by atoms with Crippen LogP contribution >= 0.6 is 11.3 Å². The highest BCUT2D eigenvalue weighted by atomic mass is 32.1. The number of thiophene rings is 1. The number of hydrogen-bond donors (Lipinski definition) is 1. The molecule has 0 aliphatic rings. The minimum Gasteiger partial charge on any atom is -0.344 e. The molecule has 4 aromatic rings. The third-order valence-corrected chi connectivity index (χ3v) is 5.14. The summed E-state index contributed by atoms with van der Waals surface area (Å²) in [7, 11) is 0. The van der Waals surface area contributed by atoms with Gasteiger partial charge in [0.1, 0.15) is 11.4 Å². The second kappa shape index (κ2) is 7.55. The Kier molecular flexibility index (Phi) is 4.80. The summed E-state index contributed by atoms with van der Waals surface area (Å²) in [4.78, 5) is 18.2. The highest BCUT2D eigenvalue weighted by molar-refractivity contribution is 7.13. The maximum atomic E-state index is 13.0. The van der Waals surface area contributed by atoms with E-state index in [1.165, 1.54) is 0 Å². The van der Waals surface area contributed by atoms with Crippen molar-refractivity contribution >= 4 is 17.2 Å². The maximum absolute atomic E-state index is 13.0. The molecule has 0 aliphatic heterocycles. The normalized spacial score (nSPS) is 11.9. The molecule has 0 spiro atoms. The molecular formula is C21H18N4OS. The van der Waals surface area contributed by atoms with Crippen molar-refractivity contribution in [2.75, 3.05) is 0 Å². The van der Waals surface area contributed by atoms with Crippen LogP contribution in [0.1, 0.15) is 29.0 Å². The molecule has 3 aromatic heterocycles. The zero-order valence-corrected chi connectivity index (χ0v) is 15.6. The lowest BCUT2D eigenvalue weighted by molar-refractivity contribution is 0.0932. The average Bonchev–Trinajstić information content (AvgIpc) is 3.39. The molecule has 1 atom stereocenters. The molecule has 0 radical (unpaired) electrons. The zero-order valence-electron chi connectivity index (χ0n) is 14.7. The number of carbonyl (C=O) groups is 1.